The Bertz CT molecular complexity index is 1340. The Morgan fingerprint density at radius 1 is 0.970 bits per heavy atom. The van der Waals surface area contributed by atoms with Crippen molar-refractivity contribution in [3.8, 4) is 22.1 Å². The first kappa shape index (κ1) is 22.8. The maximum atomic E-state index is 11.8. The van der Waals surface area contributed by atoms with Crippen LogP contribution in [0, 0.1) is 0 Å². The molecule has 170 valence electrons. The van der Waals surface area contributed by atoms with Crippen LogP contribution < -0.4 is 14.8 Å². The minimum Gasteiger partial charge on any atom is -0.444 e. The lowest BCUT2D eigenvalue weighted by Gasteiger charge is -2.11. The van der Waals surface area contributed by atoms with Crippen LogP contribution in [-0.4, -0.2) is 24.1 Å². The van der Waals surface area contributed by atoms with E-state index < -0.39 is 10.0 Å². The Balaban J connectivity index is 1.55. The van der Waals surface area contributed by atoms with Crippen LogP contribution in [0.5, 0.6) is 10.8 Å². The Morgan fingerprint density at radius 2 is 1.76 bits per heavy atom. The van der Waals surface area contributed by atoms with Gasteiger partial charge in [0.25, 0.3) is 0 Å². The molecule has 0 bridgehead atoms. The number of anilines is 3. The van der Waals surface area contributed by atoms with E-state index in [2.05, 4.69) is 21.9 Å². The zero-order valence-corrected chi connectivity index (χ0v) is 19.9. The summed E-state index contributed by atoms with van der Waals surface area (Å²) in [6, 6.07) is 20.6. The molecule has 2 aromatic heterocycles. The van der Waals surface area contributed by atoms with Gasteiger partial charge in [-0.3, -0.25) is 4.72 Å². The number of benzene rings is 2. The third kappa shape index (κ3) is 5.88. The molecule has 4 rings (SSSR count). The number of aryl methyl sites for hydroxylation is 1. The second-order valence-corrected chi connectivity index (χ2v) is 10.2. The minimum atomic E-state index is -3.35. The molecular formula is C24H24N4O3S2. The van der Waals surface area contributed by atoms with Crippen LogP contribution in [0.15, 0.2) is 72.9 Å². The van der Waals surface area contributed by atoms with Gasteiger partial charge in [-0.05, 0) is 37.6 Å². The van der Waals surface area contributed by atoms with Crippen molar-refractivity contribution in [1.82, 2.24) is 9.97 Å². The molecule has 2 heterocycles. The monoisotopic (exact) mass is 480 g/mol. The lowest BCUT2D eigenvalue weighted by Crippen LogP contribution is -2.14. The van der Waals surface area contributed by atoms with Gasteiger partial charge in [0.2, 0.25) is 15.1 Å². The fraction of sp³-hybridized carbons (Fsp3) is 0.167. The summed E-state index contributed by atoms with van der Waals surface area (Å²) in [5.74, 6) is 1.21. The fourth-order valence-electron chi connectivity index (χ4n) is 3.06. The molecule has 0 spiro atoms. The number of hydrogen-bond acceptors (Lipinski definition) is 7. The Morgan fingerprint density at radius 3 is 2.52 bits per heavy atom. The van der Waals surface area contributed by atoms with Crippen LogP contribution in [0.4, 0.5) is 17.2 Å². The van der Waals surface area contributed by atoms with E-state index in [0.717, 1.165) is 27.7 Å². The maximum absolute atomic E-state index is 11.8. The van der Waals surface area contributed by atoms with Crippen LogP contribution in [0.3, 0.4) is 0 Å². The van der Waals surface area contributed by atoms with Crippen LogP contribution in [0.1, 0.15) is 18.9 Å². The Labute approximate surface area is 197 Å². The summed E-state index contributed by atoms with van der Waals surface area (Å²) >= 11 is 1.53. The second kappa shape index (κ2) is 10.0. The smallest absolute Gasteiger partial charge is 0.232 e. The quantitative estimate of drug-likeness (QED) is 0.302. The van der Waals surface area contributed by atoms with Crippen molar-refractivity contribution in [3.63, 3.8) is 0 Å². The molecule has 2 aromatic carbocycles. The molecule has 0 saturated carbocycles. The Kier molecular flexibility index (Phi) is 6.90. The first-order valence-corrected chi connectivity index (χ1v) is 13.0. The average molecular weight is 481 g/mol. The molecule has 0 aliphatic heterocycles. The van der Waals surface area contributed by atoms with E-state index in [9.17, 15) is 8.42 Å². The molecule has 0 saturated heterocycles. The maximum Gasteiger partial charge on any atom is 0.232 e. The first-order chi connectivity index (χ1) is 16.0. The SMILES string of the molecule is CCc1nc(-c2ccccc2)c(Oc2ccnc(Nc3cccc(NS(=O)(=O)CC)c3)c2)s1. The third-order valence-electron chi connectivity index (χ3n) is 4.72. The molecule has 0 radical (unpaired) electrons. The molecule has 33 heavy (non-hydrogen) atoms. The summed E-state index contributed by atoms with van der Waals surface area (Å²) in [5.41, 5.74) is 3.01. The van der Waals surface area contributed by atoms with Crippen molar-refractivity contribution in [2.75, 3.05) is 15.8 Å². The van der Waals surface area contributed by atoms with E-state index in [-0.39, 0.29) is 5.75 Å². The molecule has 2 N–H and O–H groups in total. The standard InChI is InChI=1S/C24H24N4O3S2/c1-3-22-27-23(17-9-6-5-7-10-17)24(32-22)31-20-13-14-25-21(16-20)26-18-11-8-12-19(15-18)28-33(29,30)4-2/h5-16,28H,3-4H2,1-2H3,(H,25,26). The number of rotatable bonds is 9. The summed E-state index contributed by atoms with van der Waals surface area (Å²) in [6.45, 7) is 3.66. The highest BCUT2D eigenvalue weighted by Crippen LogP contribution is 2.39. The predicted octanol–water partition coefficient (Wildman–Crippen LogP) is 6.07. The highest BCUT2D eigenvalue weighted by atomic mass is 32.2. The van der Waals surface area contributed by atoms with E-state index in [4.69, 9.17) is 9.72 Å². The van der Waals surface area contributed by atoms with Crippen LogP contribution in [0.2, 0.25) is 0 Å². The average Bonchev–Trinajstić information content (AvgIpc) is 3.23. The van der Waals surface area contributed by atoms with Gasteiger partial charge in [0.15, 0.2) is 0 Å². The van der Waals surface area contributed by atoms with Gasteiger partial charge < -0.3 is 10.1 Å². The van der Waals surface area contributed by atoms with Crippen molar-refractivity contribution >= 4 is 38.6 Å². The summed E-state index contributed by atoms with van der Waals surface area (Å²) in [5, 5.41) is 4.93. The number of hydrogen-bond donors (Lipinski definition) is 2. The van der Waals surface area contributed by atoms with Crippen LogP contribution >= 0.6 is 11.3 Å². The lowest BCUT2D eigenvalue weighted by atomic mass is 10.2. The second-order valence-electron chi connectivity index (χ2n) is 7.15. The fourth-order valence-corrected chi connectivity index (χ4v) is 4.58. The number of nitrogens with zero attached hydrogens (tertiary/aromatic N) is 2. The van der Waals surface area contributed by atoms with Gasteiger partial charge in [-0.2, -0.15) is 0 Å². The molecule has 0 fully saturated rings. The summed E-state index contributed by atoms with van der Waals surface area (Å²) in [7, 11) is -3.35. The molecule has 0 aliphatic carbocycles. The lowest BCUT2D eigenvalue weighted by molar-refractivity contribution is 0.496. The highest BCUT2D eigenvalue weighted by molar-refractivity contribution is 7.92. The summed E-state index contributed by atoms with van der Waals surface area (Å²) in [4.78, 5) is 9.09. The summed E-state index contributed by atoms with van der Waals surface area (Å²) in [6.07, 6.45) is 2.49. The molecule has 0 amide bonds. The van der Waals surface area contributed by atoms with Gasteiger partial charge in [0.1, 0.15) is 17.3 Å². The van der Waals surface area contributed by atoms with E-state index in [0.29, 0.717) is 22.9 Å². The van der Waals surface area contributed by atoms with Crippen molar-refractivity contribution in [1.29, 1.82) is 0 Å². The largest absolute Gasteiger partial charge is 0.444 e. The van der Waals surface area contributed by atoms with E-state index in [1.54, 1.807) is 43.5 Å². The topological polar surface area (TPSA) is 93.2 Å². The highest BCUT2D eigenvalue weighted by Gasteiger charge is 2.15. The summed E-state index contributed by atoms with van der Waals surface area (Å²) < 4.78 is 32.5. The Hall–Kier alpha value is -3.43. The van der Waals surface area contributed by atoms with Gasteiger partial charge >= 0.3 is 0 Å². The molecule has 7 nitrogen and oxygen atoms in total. The number of pyridine rings is 1. The van der Waals surface area contributed by atoms with Gasteiger partial charge in [0, 0.05) is 23.5 Å². The third-order valence-corrected chi connectivity index (χ3v) is 7.10. The normalized spacial score (nSPS) is 11.2. The number of sulfonamides is 1. The first-order valence-electron chi connectivity index (χ1n) is 10.5. The van der Waals surface area contributed by atoms with Gasteiger partial charge in [0.05, 0.1) is 16.4 Å². The molecule has 4 aromatic rings. The number of nitrogens with one attached hydrogen (secondary N) is 2. The van der Waals surface area contributed by atoms with Gasteiger partial charge in [-0.25, -0.2) is 18.4 Å². The molecule has 0 unspecified atom stereocenters. The van der Waals surface area contributed by atoms with Crippen molar-refractivity contribution in [3.05, 3.63) is 77.9 Å². The van der Waals surface area contributed by atoms with E-state index >= 15 is 0 Å². The molecule has 0 aliphatic rings. The zero-order valence-electron chi connectivity index (χ0n) is 18.3. The molecule has 9 heteroatoms. The molecule has 0 atom stereocenters. The van der Waals surface area contributed by atoms with Crippen molar-refractivity contribution in [2.45, 2.75) is 20.3 Å². The van der Waals surface area contributed by atoms with E-state index in [1.165, 1.54) is 11.3 Å². The van der Waals surface area contributed by atoms with Crippen LogP contribution in [0.25, 0.3) is 11.3 Å². The van der Waals surface area contributed by atoms with Gasteiger partial charge in [-0.15, -0.1) is 0 Å². The van der Waals surface area contributed by atoms with E-state index in [1.807, 2.05) is 36.4 Å². The number of ether oxygens (including phenoxy) is 1. The minimum absolute atomic E-state index is 0.00783. The predicted molar refractivity (Wildman–Crippen MR) is 134 cm³/mol. The van der Waals surface area contributed by atoms with Crippen LogP contribution in [-0.2, 0) is 16.4 Å². The number of aromatic nitrogens is 2. The number of thiazole rings is 1. The van der Waals surface area contributed by atoms with Crippen molar-refractivity contribution in [2.24, 2.45) is 0 Å². The van der Waals surface area contributed by atoms with Crippen molar-refractivity contribution < 1.29 is 13.2 Å². The molecular weight excluding hydrogens is 456 g/mol. The van der Waals surface area contributed by atoms with Gasteiger partial charge in [-0.1, -0.05) is 54.7 Å². The zero-order chi connectivity index (χ0) is 23.3.